The largest absolute Gasteiger partial charge is 0.450 e. The zero-order chi connectivity index (χ0) is 20.5. The number of ether oxygens (including phenoxy) is 1. The van der Waals surface area contributed by atoms with Crippen molar-refractivity contribution in [3.05, 3.63) is 98.1 Å². The summed E-state index contributed by atoms with van der Waals surface area (Å²) in [7, 11) is 0. The van der Waals surface area contributed by atoms with Crippen LogP contribution in [-0.4, -0.2) is 5.97 Å². The Balaban J connectivity index is 1.96. The van der Waals surface area contributed by atoms with Crippen molar-refractivity contribution in [2.75, 3.05) is 0 Å². The van der Waals surface area contributed by atoms with Gasteiger partial charge in [-0.25, -0.2) is 4.79 Å². The molecule has 4 rings (SSSR count). The fraction of sp³-hybridized carbons (Fsp3) is 0.0435. The van der Waals surface area contributed by atoms with Gasteiger partial charge in [-0.2, -0.15) is 0 Å². The molecule has 1 aromatic heterocycles. The maximum absolute atomic E-state index is 13.2. The van der Waals surface area contributed by atoms with Gasteiger partial charge in [-0.1, -0.05) is 71.2 Å². The maximum atomic E-state index is 13.2. The highest BCUT2D eigenvalue weighted by Gasteiger charge is 2.22. The molecule has 1 heterocycles. The molecular formula is C23H14Cl2O4. The highest BCUT2D eigenvalue weighted by molar-refractivity contribution is 6.38. The van der Waals surface area contributed by atoms with Gasteiger partial charge in [-0.15, -0.1) is 0 Å². The van der Waals surface area contributed by atoms with Crippen molar-refractivity contribution in [1.82, 2.24) is 0 Å². The highest BCUT2D eigenvalue weighted by Crippen LogP contribution is 2.35. The van der Waals surface area contributed by atoms with E-state index in [2.05, 4.69) is 0 Å². The summed E-state index contributed by atoms with van der Waals surface area (Å²) in [6.07, 6.45) is 0. The highest BCUT2D eigenvalue weighted by atomic mass is 35.5. The van der Waals surface area contributed by atoms with Crippen LogP contribution in [0.15, 0.2) is 75.9 Å². The summed E-state index contributed by atoms with van der Waals surface area (Å²) < 4.78 is 11.5. The Morgan fingerprint density at radius 3 is 2.34 bits per heavy atom. The third-order valence-corrected chi connectivity index (χ3v) is 4.89. The molecule has 4 nitrogen and oxygen atoms in total. The van der Waals surface area contributed by atoms with E-state index in [0.717, 1.165) is 5.56 Å². The first-order chi connectivity index (χ1) is 13.9. The van der Waals surface area contributed by atoms with Crippen molar-refractivity contribution >= 4 is 40.1 Å². The molecule has 3 aromatic carbocycles. The molecule has 0 aliphatic rings. The topological polar surface area (TPSA) is 56.5 Å². The molecule has 29 heavy (non-hydrogen) atoms. The van der Waals surface area contributed by atoms with Crippen molar-refractivity contribution in [1.29, 1.82) is 0 Å². The fourth-order valence-corrected chi connectivity index (χ4v) is 3.45. The van der Waals surface area contributed by atoms with Crippen LogP contribution in [-0.2, 0) is 0 Å². The average Bonchev–Trinajstić information content (AvgIpc) is 2.71. The summed E-state index contributed by atoms with van der Waals surface area (Å²) in [6, 6.07) is 18.6. The molecular weight excluding hydrogens is 411 g/mol. The first-order valence-electron chi connectivity index (χ1n) is 8.74. The number of esters is 1. The van der Waals surface area contributed by atoms with Gasteiger partial charge in [-0.3, -0.25) is 4.79 Å². The van der Waals surface area contributed by atoms with Crippen LogP contribution in [0.1, 0.15) is 15.9 Å². The molecule has 0 bridgehead atoms. The van der Waals surface area contributed by atoms with Crippen LogP contribution in [0.5, 0.6) is 5.75 Å². The van der Waals surface area contributed by atoms with Crippen LogP contribution in [0.2, 0.25) is 10.0 Å². The lowest BCUT2D eigenvalue weighted by Gasteiger charge is -2.12. The van der Waals surface area contributed by atoms with E-state index in [1.165, 1.54) is 12.1 Å². The van der Waals surface area contributed by atoms with E-state index in [0.29, 0.717) is 11.1 Å². The van der Waals surface area contributed by atoms with Gasteiger partial charge in [0.15, 0.2) is 11.3 Å². The minimum Gasteiger partial charge on any atom is -0.450 e. The Morgan fingerprint density at radius 2 is 1.66 bits per heavy atom. The van der Waals surface area contributed by atoms with Crippen molar-refractivity contribution in [2.45, 2.75) is 6.92 Å². The SMILES string of the molecule is Cc1ccc(-c2oc3c(Cl)cc(Cl)cc3c(=O)c2OC(=O)c2ccccc2)cc1. The number of carbonyl (C=O) groups is 1. The summed E-state index contributed by atoms with van der Waals surface area (Å²) in [5.74, 6) is -0.761. The van der Waals surface area contributed by atoms with Crippen molar-refractivity contribution in [3.63, 3.8) is 0 Å². The van der Waals surface area contributed by atoms with Crippen LogP contribution in [0.25, 0.3) is 22.3 Å². The van der Waals surface area contributed by atoms with Crippen LogP contribution in [0.3, 0.4) is 0 Å². The molecule has 4 aromatic rings. The zero-order valence-electron chi connectivity index (χ0n) is 15.2. The lowest BCUT2D eigenvalue weighted by molar-refractivity contribution is 0.0731. The zero-order valence-corrected chi connectivity index (χ0v) is 16.8. The standard InChI is InChI=1S/C23H14Cl2O4/c1-13-7-9-14(10-8-13)20-22(29-23(27)15-5-3-2-4-6-15)19(26)17-11-16(24)12-18(25)21(17)28-20/h2-12H,1H3. The van der Waals surface area contributed by atoms with E-state index < -0.39 is 11.4 Å². The van der Waals surface area contributed by atoms with E-state index in [4.69, 9.17) is 32.4 Å². The molecule has 0 radical (unpaired) electrons. The normalized spacial score (nSPS) is 10.9. The van der Waals surface area contributed by atoms with E-state index in [1.54, 1.807) is 42.5 Å². The molecule has 0 spiro atoms. The van der Waals surface area contributed by atoms with Gasteiger partial charge in [0, 0.05) is 10.6 Å². The van der Waals surface area contributed by atoms with Crippen LogP contribution >= 0.6 is 23.2 Å². The number of halogens is 2. The van der Waals surface area contributed by atoms with Crippen LogP contribution < -0.4 is 10.2 Å². The number of hydrogen-bond acceptors (Lipinski definition) is 4. The molecule has 0 amide bonds. The van der Waals surface area contributed by atoms with E-state index in [-0.39, 0.29) is 32.5 Å². The Kier molecular flexibility index (Phi) is 5.14. The van der Waals surface area contributed by atoms with Gasteiger partial charge in [0.25, 0.3) is 0 Å². The van der Waals surface area contributed by atoms with Gasteiger partial charge in [0.2, 0.25) is 11.2 Å². The molecule has 0 aliphatic heterocycles. The number of hydrogen-bond donors (Lipinski definition) is 0. The summed E-state index contributed by atoms with van der Waals surface area (Å²) in [5, 5.41) is 0.603. The second-order valence-electron chi connectivity index (χ2n) is 6.48. The molecule has 0 fully saturated rings. The number of rotatable bonds is 3. The summed E-state index contributed by atoms with van der Waals surface area (Å²) in [6.45, 7) is 1.94. The average molecular weight is 425 g/mol. The summed E-state index contributed by atoms with van der Waals surface area (Å²) in [4.78, 5) is 25.8. The van der Waals surface area contributed by atoms with E-state index >= 15 is 0 Å². The number of benzene rings is 3. The molecule has 0 aliphatic carbocycles. The van der Waals surface area contributed by atoms with Gasteiger partial charge < -0.3 is 9.15 Å². The third-order valence-electron chi connectivity index (χ3n) is 4.39. The monoisotopic (exact) mass is 424 g/mol. The number of aryl methyl sites for hydroxylation is 1. The van der Waals surface area contributed by atoms with Crippen molar-refractivity contribution in [2.24, 2.45) is 0 Å². The molecule has 0 saturated heterocycles. The Labute approximate surface area is 176 Å². The summed E-state index contributed by atoms with van der Waals surface area (Å²) >= 11 is 12.3. The Morgan fingerprint density at radius 1 is 0.966 bits per heavy atom. The molecule has 0 saturated carbocycles. The first kappa shape index (κ1) is 19.2. The predicted octanol–water partition coefficient (Wildman–Crippen LogP) is 6.29. The van der Waals surface area contributed by atoms with Gasteiger partial charge in [-0.05, 0) is 31.2 Å². The molecule has 0 N–H and O–H groups in total. The molecule has 0 atom stereocenters. The van der Waals surface area contributed by atoms with E-state index in [9.17, 15) is 9.59 Å². The van der Waals surface area contributed by atoms with Gasteiger partial charge >= 0.3 is 5.97 Å². The molecule has 6 heteroatoms. The van der Waals surface area contributed by atoms with Gasteiger partial charge in [0.1, 0.15) is 0 Å². The predicted molar refractivity (Wildman–Crippen MR) is 114 cm³/mol. The van der Waals surface area contributed by atoms with E-state index in [1.807, 2.05) is 19.1 Å². The Bertz CT molecular complexity index is 1280. The smallest absolute Gasteiger partial charge is 0.343 e. The Hall–Kier alpha value is -3.08. The molecule has 144 valence electrons. The second-order valence-corrected chi connectivity index (χ2v) is 7.32. The first-order valence-corrected chi connectivity index (χ1v) is 9.50. The van der Waals surface area contributed by atoms with Gasteiger partial charge in [0.05, 0.1) is 16.0 Å². The van der Waals surface area contributed by atoms with Crippen molar-refractivity contribution < 1.29 is 13.9 Å². The minimum absolute atomic E-state index is 0.121. The lowest BCUT2D eigenvalue weighted by Crippen LogP contribution is -2.16. The van der Waals surface area contributed by atoms with Crippen LogP contribution in [0.4, 0.5) is 0 Å². The van der Waals surface area contributed by atoms with Crippen molar-refractivity contribution in [3.8, 4) is 17.1 Å². The third kappa shape index (κ3) is 3.77. The maximum Gasteiger partial charge on any atom is 0.343 e. The second kappa shape index (κ2) is 7.74. The quantitative estimate of drug-likeness (QED) is 0.362. The molecule has 0 unspecified atom stereocenters. The number of fused-ring (bicyclic) bond motifs is 1. The van der Waals surface area contributed by atoms with Crippen LogP contribution in [0, 0.1) is 6.92 Å². The fourth-order valence-electron chi connectivity index (χ4n) is 2.92. The lowest BCUT2D eigenvalue weighted by atomic mass is 10.1. The summed E-state index contributed by atoms with van der Waals surface area (Å²) in [5.41, 5.74) is 1.57. The number of carbonyl (C=O) groups excluding carboxylic acids is 1. The minimum atomic E-state index is -0.668.